The fraction of sp³-hybridized carbons (Fsp3) is 0.0714. The summed E-state index contributed by atoms with van der Waals surface area (Å²) < 4.78 is 14.7. The van der Waals surface area contributed by atoms with Crippen LogP contribution in [0.3, 0.4) is 0 Å². The van der Waals surface area contributed by atoms with E-state index >= 15 is 0 Å². The first-order chi connectivity index (χ1) is 18.3. The zero-order valence-electron chi connectivity index (χ0n) is 20.1. The van der Waals surface area contributed by atoms with Crippen molar-refractivity contribution in [3.63, 3.8) is 0 Å². The molecule has 1 atom stereocenters. The lowest BCUT2D eigenvalue weighted by Crippen LogP contribution is -2.36. The number of nitrogens with zero attached hydrogens (tertiary/aromatic N) is 2. The van der Waals surface area contributed by atoms with Gasteiger partial charge < -0.3 is 10.4 Å². The Morgan fingerprint density at radius 1 is 0.974 bits per heavy atom. The molecule has 1 amide bonds. The minimum absolute atomic E-state index is 0.0276. The summed E-state index contributed by atoms with van der Waals surface area (Å²) in [6.07, 6.45) is 0. The number of allylic oxidation sites excluding steroid dienone is 1. The van der Waals surface area contributed by atoms with Gasteiger partial charge in [-0.2, -0.15) is 4.98 Å². The number of aliphatic carboxylic acids is 1. The highest BCUT2D eigenvalue weighted by Gasteiger charge is 2.37. The number of aromatic nitrogens is 2. The number of nitrogens with one attached hydrogen (secondary N) is 3. The summed E-state index contributed by atoms with van der Waals surface area (Å²) >= 11 is 0. The molecule has 0 spiro atoms. The number of halogens is 1. The molecule has 10 heteroatoms. The van der Waals surface area contributed by atoms with Crippen LogP contribution >= 0.6 is 0 Å². The van der Waals surface area contributed by atoms with Crippen molar-refractivity contribution in [3.8, 4) is 5.69 Å². The van der Waals surface area contributed by atoms with Crippen LogP contribution in [-0.2, 0) is 4.79 Å². The number of carbonyl (C=O) groups is 2. The molecule has 0 saturated carbocycles. The van der Waals surface area contributed by atoms with Crippen LogP contribution in [0.15, 0.2) is 101 Å². The van der Waals surface area contributed by atoms with E-state index in [4.69, 9.17) is 0 Å². The Hall–Kier alpha value is -5.25. The fourth-order valence-corrected chi connectivity index (χ4v) is 4.50. The second-order valence-corrected chi connectivity index (χ2v) is 8.57. The molecule has 1 aromatic heterocycles. The van der Waals surface area contributed by atoms with Crippen LogP contribution in [0, 0.1) is 5.82 Å². The van der Waals surface area contributed by atoms with Gasteiger partial charge in [-0.25, -0.2) is 18.5 Å². The monoisotopic (exact) mass is 511 g/mol. The Balaban J connectivity index is 1.70. The molecule has 190 valence electrons. The first-order valence-corrected chi connectivity index (χ1v) is 11.7. The van der Waals surface area contributed by atoms with Crippen LogP contribution in [0.5, 0.6) is 0 Å². The van der Waals surface area contributed by atoms with Gasteiger partial charge in [-0.05, 0) is 48.9 Å². The van der Waals surface area contributed by atoms with Crippen molar-refractivity contribution in [2.75, 3.05) is 10.7 Å². The number of carboxylic acid groups (broad SMARTS) is 1. The third-order valence-corrected chi connectivity index (χ3v) is 6.20. The van der Waals surface area contributed by atoms with Gasteiger partial charge in [0.15, 0.2) is 5.82 Å². The normalized spacial score (nSPS) is 14.3. The number of benzene rings is 3. The van der Waals surface area contributed by atoms with E-state index in [0.717, 1.165) is 12.1 Å². The molecule has 1 aliphatic heterocycles. The number of carbonyl (C=O) groups excluding carboxylic acids is 1. The van der Waals surface area contributed by atoms with E-state index in [1.807, 2.05) is 12.1 Å². The van der Waals surface area contributed by atoms with Crippen molar-refractivity contribution < 1.29 is 19.1 Å². The molecular weight excluding hydrogens is 489 g/mol. The van der Waals surface area contributed by atoms with Gasteiger partial charge in [-0.15, -0.1) is 0 Å². The van der Waals surface area contributed by atoms with Crippen LogP contribution in [0.2, 0.25) is 0 Å². The number of rotatable bonds is 6. The van der Waals surface area contributed by atoms with Crippen molar-refractivity contribution in [3.05, 3.63) is 129 Å². The number of hydrogen-bond donors (Lipinski definition) is 4. The molecule has 9 nitrogen and oxygen atoms in total. The lowest BCUT2D eigenvalue weighted by atomic mass is 9.82. The van der Waals surface area contributed by atoms with Crippen molar-refractivity contribution in [1.29, 1.82) is 0 Å². The van der Waals surface area contributed by atoms with Gasteiger partial charge in [-0.3, -0.25) is 15.6 Å². The van der Waals surface area contributed by atoms with Crippen LogP contribution in [0.4, 0.5) is 16.0 Å². The molecule has 0 saturated heterocycles. The van der Waals surface area contributed by atoms with Gasteiger partial charge >= 0.3 is 11.7 Å². The maximum atomic E-state index is 13.3. The minimum Gasteiger partial charge on any atom is -0.478 e. The number of para-hydroxylation sites is 1. The molecule has 4 aromatic rings. The highest BCUT2D eigenvalue weighted by molar-refractivity contribution is 5.96. The van der Waals surface area contributed by atoms with Gasteiger partial charge in [0.2, 0.25) is 0 Å². The second-order valence-electron chi connectivity index (χ2n) is 8.57. The summed E-state index contributed by atoms with van der Waals surface area (Å²) in [5, 5.41) is 13.3. The molecule has 1 aliphatic rings. The molecule has 0 bridgehead atoms. The molecule has 5 rings (SSSR count). The first-order valence-electron chi connectivity index (χ1n) is 11.7. The van der Waals surface area contributed by atoms with E-state index in [1.165, 1.54) is 16.7 Å². The summed E-state index contributed by atoms with van der Waals surface area (Å²) in [6, 6.07) is 22.7. The van der Waals surface area contributed by atoms with Crippen molar-refractivity contribution in [2.45, 2.75) is 12.8 Å². The largest absolute Gasteiger partial charge is 0.478 e. The average Bonchev–Trinajstić information content (AvgIpc) is 2.92. The number of hydrogen-bond acceptors (Lipinski definition) is 6. The highest BCUT2D eigenvalue weighted by Crippen LogP contribution is 2.44. The summed E-state index contributed by atoms with van der Waals surface area (Å²) in [6.45, 7) is 1.63. The van der Waals surface area contributed by atoms with E-state index in [2.05, 4.69) is 21.2 Å². The molecule has 0 fully saturated rings. The summed E-state index contributed by atoms with van der Waals surface area (Å²) in [7, 11) is 0. The Bertz CT molecular complexity index is 1620. The Morgan fingerprint density at radius 2 is 1.61 bits per heavy atom. The Morgan fingerprint density at radius 3 is 2.24 bits per heavy atom. The van der Waals surface area contributed by atoms with Gasteiger partial charge in [0.05, 0.1) is 17.2 Å². The summed E-state index contributed by atoms with van der Waals surface area (Å²) in [5.74, 6) is -2.79. The number of anilines is 2. The van der Waals surface area contributed by atoms with Crippen molar-refractivity contribution in [1.82, 2.24) is 15.0 Å². The molecule has 2 heterocycles. The number of fused-ring (bicyclic) bond motifs is 1. The first kappa shape index (κ1) is 24.4. The third-order valence-electron chi connectivity index (χ3n) is 6.20. The zero-order valence-corrected chi connectivity index (χ0v) is 20.1. The minimum atomic E-state index is -1.15. The Labute approximate surface area is 216 Å². The van der Waals surface area contributed by atoms with Gasteiger partial charge in [-0.1, -0.05) is 48.5 Å². The lowest BCUT2D eigenvalue weighted by molar-refractivity contribution is -0.133. The van der Waals surface area contributed by atoms with E-state index < -0.39 is 29.3 Å². The number of carboxylic acids is 1. The Kier molecular flexibility index (Phi) is 6.44. The lowest BCUT2D eigenvalue weighted by Gasteiger charge is -2.32. The van der Waals surface area contributed by atoms with Crippen LogP contribution in [0.1, 0.15) is 34.3 Å². The highest BCUT2D eigenvalue weighted by atomic mass is 19.1. The molecule has 4 N–H and O–H groups in total. The van der Waals surface area contributed by atoms with Gasteiger partial charge in [0, 0.05) is 16.8 Å². The number of hydrazine groups is 1. The standard InChI is InChI=1S/C28H22FN5O4/c1-16-21(27(36)37)22(17-8-4-2-5-9-17)23-24(32-33-26(35)18-12-14-19(29)15-13-18)31-28(38)34(25(23)30-16)20-10-6-3-7-11-20/h2-15,22,30H,1H3,(H,33,35)(H,36,37)(H,31,32,38). The van der Waals surface area contributed by atoms with Crippen molar-refractivity contribution >= 4 is 23.5 Å². The molecule has 3 aromatic carbocycles. The smallest absolute Gasteiger partial charge is 0.355 e. The average molecular weight is 512 g/mol. The number of amides is 1. The van der Waals surface area contributed by atoms with Crippen LogP contribution in [0.25, 0.3) is 5.69 Å². The maximum absolute atomic E-state index is 13.3. The fourth-order valence-electron chi connectivity index (χ4n) is 4.50. The zero-order chi connectivity index (χ0) is 26.8. The molecule has 0 radical (unpaired) electrons. The van der Waals surface area contributed by atoms with Crippen LogP contribution in [-0.4, -0.2) is 26.5 Å². The molecular formula is C28H22FN5O4. The summed E-state index contributed by atoms with van der Waals surface area (Å²) in [5.41, 5.74) is 6.66. The maximum Gasteiger partial charge on any atom is 0.355 e. The quantitative estimate of drug-likeness (QED) is 0.288. The van der Waals surface area contributed by atoms with Gasteiger partial charge in [0.1, 0.15) is 11.6 Å². The van der Waals surface area contributed by atoms with Crippen molar-refractivity contribution in [2.24, 2.45) is 0 Å². The van der Waals surface area contributed by atoms with E-state index in [9.17, 15) is 23.9 Å². The molecule has 38 heavy (non-hydrogen) atoms. The topological polar surface area (TPSA) is 125 Å². The van der Waals surface area contributed by atoms with Crippen LogP contribution < -0.4 is 21.9 Å². The predicted molar refractivity (Wildman–Crippen MR) is 140 cm³/mol. The van der Waals surface area contributed by atoms with E-state index in [-0.39, 0.29) is 17.0 Å². The van der Waals surface area contributed by atoms with E-state index in [1.54, 1.807) is 55.5 Å². The second kappa shape index (κ2) is 10.0. The third kappa shape index (κ3) is 4.50. The molecule has 0 aliphatic carbocycles. The predicted octanol–water partition coefficient (Wildman–Crippen LogP) is 4.04. The summed E-state index contributed by atoms with van der Waals surface area (Å²) in [4.78, 5) is 42.7. The molecule has 1 unspecified atom stereocenters. The van der Waals surface area contributed by atoms with E-state index in [0.29, 0.717) is 28.3 Å². The SMILES string of the molecule is CC1=C(C(=O)O)C(c2ccccc2)c2c(NNC(=O)c3ccc(F)cc3)nc(=O)n(-c3ccccc3)c2N1. The van der Waals surface area contributed by atoms with Gasteiger partial charge in [0.25, 0.3) is 5.91 Å².